The molecule has 3 rings (SSSR count). The fraction of sp³-hybridized carbons (Fsp3) is 0.185. The van der Waals surface area contributed by atoms with Crippen LogP contribution >= 0.6 is 0 Å². The molecular formula is C27H25F2NO5. The highest BCUT2D eigenvalue weighted by atomic mass is 19.3. The molecule has 6 nitrogen and oxygen atoms in total. The zero-order chi connectivity index (χ0) is 25.2. The Labute approximate surface area is 202 Å². The van der Waals surface area contributed by atoms with Gasteiger partial charge in [-0.15, -0.1) is 0 Å². The molecule has 0 heterocycles. The largest absolute Gasteiger partial charge is 0.490 e. The Balaban J connectivity index is 1.62. The lowest BCUT2D eigenvalue weighted by molar-refractivity contribution is -0.118. The number of carbonyl (C=O) groups excluding carboxylic acids is 2. The number of ether oxygens (including phenoxy) is 3. The molecule has 3 aromatic rings. The van der Waals surface area contributed by atoms with Crippen LogP contribution in [0.5, 0.6) is 17.2 Å². The lowest BCUT2D eigenvalue weighted by Crippen LogP contribution is -2.20. The van der Waals surface area contributed by atoms with Gasteiger partial charge in [-0.05, 0) is 74.0 Å². The van der Waals surface area contributed by atoms with Gasteiger partial charge in [0, 0.05) is 11.3 Å². The second-order valence-electron chi connectivity index (χ2n) is 7.44. The Hall–Kier alpha value is -4.20. The Morgan fingerprint density at radius 1 is 0.943 bits per heavy atom. The number of amides is 1. The monoisotopic (exact) mass is 481 g/mol. The van der Waals surface area contributed by atoms with Gasteiger partial charge in [0.15, 0.2) is 23.9 Å². The van der Waals surface area contributed by atoms with Gasteiger partial charge in [-0.25, -0.2) is 0 Å². The maximum absolute atomic E-state index is 12.4. The molecule has 0 aromatic heterocycles. The summed E-state index contributed by atoms with van der Waals surface area (Å²) in [5, 5.41) is 2.76. The molecular weight excluding hydrogens is 456 g/mol. The van der Waals surface area contributed by atoms with Crippen LogP contribution in [0.15, 0.2) is 72.8 Å². The van der Waals surface area contributed by atoms with Gasteiger partial charge in [0.05, 0.1) is 6.61 Å². The number of alkyl halides is 2. The third-order valence-electron chi connectivity index (χ3n) is 4.75. The minimum absolute atomic E-state index is 0.0231. The molecule has 0 bridgehead atoms. The normalized spacial score (nSPS) is 10.9. The summed E-state index contributed by atoms with van der Waals surface area (Å²) in [6, 6.07) is 17.9. The number of carbonyl (C=O) groups is 2. The maximum atomic E-state index is 12.4. The van der Waals surface area contributed by atoms with E-state index in [0.717, 1.165) is 5.56 Å². The number of aryl methyl sites for hydroxylation is 1. The van der Waals surface area contributed by atoms with E-state index in [0.29, 0.717) is 34.9 Å². The molecule has 0 aliphatic rings. The number of anilines is 1. The summed E-state index contributed by atoms with van der Waals surface area (Å²) in [4.78, 5) is 24.6. The van der Waals surface area contributed by atoms with E-state index < -0.39 is 6.61 Å². The van der Waals surface area contributed by atoms with E-state index in [4.69, 9.17) is 9.47 Å². The Morgan fingerprint density at radius 3 is 2.31 bits per heavy atom. The molecule has 0 radical (unpaired) electrons. The predicted octanol–water partition coefficient (Wildman–Crippen LogP) is 5.91. The minimum Gasteiger partial charge on any atom is -0.490 e. The van der Waals surface area contributed by atoms with Crippen molar-refractivity contribution in [1.29, 1.82) is 0 Å². The van der Waals surface area contributed by atoms with Crippen LogP contribution in [0.1, 0.15) is 28.4 Å². The van der Waals surface area contributed by atoms with Crippen LogP contribution in [-0.2, 0) is 4.79 Å². The molecule has 0 aliphatic heterocycles. The van der Waals surface area contributed by atoms with E-state index in [-0.39, 0.29) is 24.0 Å². The first-order valence-corrected chi connectivity index (χ1v) is 10.9. The van der Waals surface area contributed by atoms with Crippen molar-refractivity contribution < 1.29 is 32.6 Å². The van der Waals surface area contributed by atoms with Crippen LogP contribution in [0.2, 0.25) is 0 Å². The molecule has 0 aliphatic carbocycles. The van der Waals surface area contributed by atoms with Gasteiger partial charge < -0.3 is 19.5 Å². The quantitative estimate of drug-likeness (QED) is 0.272. The molecule has 35 heavy (non-hydrogen) atoms. The zero-order valence-corrected chi connectivity index (χ0v) is 19.3. The van der Waals surface area contributed by atoms with Gasteiger partial charge in [-0.2, -0.15) is 8.78 Å². The van der Waals surface area contributed by atoms with Crippen molar-refractivity contribution in [3.05, 3.63) is 89.5 Å². The van der Waals surface area contributed by atoms with E-state index in [1.54, 1.807) is 24.3 Å². The standard InChI is InChI=1S/C27H25F2NO5/c1-3-33-25-16-19(6-14-23(31)20-8-12-22(13-9-20)35-27(28)29)7-15-24(25)34-17-26(32)30-21-10-4-18(2)5-11-21/h4-16,27H,3,17H2,1-2H3,(H,30,32)/b14-6+. The fourth-order valence-electron chi connectivity index (χ4n) is 3.06. The third kappa shape index (κ3) is 7.96. The van der Waals surface area contributed by atoms with Gasteiger partial charge in [-0.3, -0.25) is 9.59 Å². The molecule has 1 amide bonds. The maximum Gasteiger partial charge on any atom is 0.387 e. The predicted molar refractivity (Wildman–Crippen MR) is 129 cm³/mol. The number of ketones is 1. The number of benzene rings is 3. The number of hydrogen-bond donors (Lipinski definition) is 1. The highest BCUT2D eigenvalue weighted by Crippen LogP contribution is 2.29. The molecule has 0 fully saturated rings. The first kappa shape index (κ1) is 25.4. The van der Waals surface area contributed by atoms with Gasteiger partial charge in [0.25, 0.3) is 5.91 Å². The highest BCUT2D eigenvalue weighted by molar-refractivity contribution is 6.06. The summed E-state index contributed by atoms with van der Waals surface area (Å²) < 4.78 is 40.1. The Bertz CT molecular complexity index is 1180. The van der Waals surface area contributed by atoms with E-state index in [9.17, 15) is 18.4 Å². The molecule has 0 saturated carbocycles. The van der Waals surface area contributed by atoms with Crippen LogP contribution < -0.4 is 19.5 Å². The summed E-state index contributed by atoms with van der Waals surface area (Å²) in [7, 11) is 0. The van der Waals surface area contributed by atoms with Gasteiger partial charge >= 0.3 is 6.61 Å². The number of halogens is 2. The first-order chi connectivity index (χ1) is 16.8. The van der Waals surface area contributed by atoms with Crippen LogP contribution in [0.25, 0.3) is 6.08 Å². The van der Waals surface area contributed by atoms with Crippen molar-refractivity contribution in [3.8, 4) is 17.2 Å². The molecule has 0 unspecified atom stereocenters. The van der Waals surface area contributed by atoms with Crippen LogP contribution in [0.3, 0.4) is 0 Å². The zero-order valence-electron chi connectivity index (χ0n) is 19.3. The topological polar surface area (TPSA) is 73.9 Å². The SMILES string of the molecule is CCOc1cc(/C=C/C(=O)c2ccc(OC(F)F)cc2)ccc1OCC(=O)Nc1ccc(C)cc1. The van der Waals surface area contributed by atoms with Gasteiger partial charge in [-0.1, -0.05) is 29.8 Å². The number of nitrogens with one attached hydrogen (secondary N) is 1. The van der Waals surface area contributed by atoms with Crippen molar-refractivity contribution in [2.75, 3.05) is 18.5 Å². The smallest absolute Gasteiger partial charge is 0.387 e. The Morgan fingerprint density at radius 2 is 1.66 bits per heavy atom. The summed E-state index contributed by atoms with van der Waals surface area (Å²) in [5.41, 5.74) is 2.77. The van der Waals surface area contributed by atoms with Crippen molar-refractivity contribution in [1.82, 2.24) is 0 Å². The van der Waals surface area contributed by atoms with Crippen molar-refractivity contribution in [2.45, 2.75) is 20.5 Å². The summed E-state index contributed by atoms with van der Waals surface area (Å²) >= 11 is 0. The molecule has 1 N–H and O–H groups in total. The second kappa shape index (κ2) is 12.3. The minimum atomic E-state index is -2.93. The summed E-state index contributed by atoms with van der Waals surface area (Å²) in [5.74, 6) is 0.184. The van der Waals surface area contributed by atoms with Gasteiger partial charge in [0.1, 0.15) is 5.75 Å². The van der Waals surface area contributed by atoms with Gasteiger partial charge in [0.2, 0.25) is 0 Å². The van der Waals surface area contributed by atoms with Crippen LogP contribution in [0, 0.1) is 6.92 Å². The third-order valence-corrected chi connectivity index (χ3v) is 4.75. The van der Waals surface area contributed by atoms with Crippen molar-refractivity contribution in [3.63, 3.8) is 0 Å². The van der Waals surface area contributed by atoms with E-state index in [1.807, 2.05) is 38.1 Å². The van der Waals surface area contributed by atoms with E-state index in [1.165, 1.54) is 30.3 Å². The average molecular weight is 481 g/mol. The van der Waals surface area contributed by atoms with Crippen molar-refractivity contribution >= 4 is 23.5 Å². The molecule has 3 aromatic carbocycles. The lowest BCUT2D eigenvalue weighted by atomic mass is 10.1. The summed E-state index contributed by atoms with van der Waals surface area (Å²) in [6.07, 6.45) is 2.96. The van der Waals surface area contributed by atoms with E-state index in [2.05, 4.69) is 10.1 Å². The number of rotatable bonds is 11. The Kier molecular flexibility index (Phi) is 8.95. The lowest BCUT2D eigenvalue weighted by Gasteiger charge is -2.13. The average Bonchev–Trinajstić information content (AvgIpc) is 2.83. The second-order valence-corrected chi connectivity index (χ2v) is 7.44. The fourth-order valence-corrected chi connectivity index (χ4v) is 3.06. The molecule has 8 heteroatoms. The van der Waals surface area contributed by atoms with Crippen LogP contribution in [-0.4, -0.2) is 31.5 Å². The summed E-state index contributed by atoms with van der Waals surface area (Å²) in [6.45, 7) is 1.04. The molecule has 182 valence electrons. The molecule has 0 atom stereocenters. The molecule has 0 spiro atoms. The first-order valence-electron chi connectivity index (χ1n) is 10.9. The molecule has 0 saturated heterocycles. The number of allylic oxidation sites excluding steroid dienone is 1. The van der Waals surface area contributed by atoms with Crippen LogP contribution in [0.4, 0.5) is 14.5 Å². The van der Waals surface area contributed by atoms with Crippen molar-refractivity contribution in [2.24, 2.45) is 0 Å². The van der Waals surface area contributed by atoms with E-state index >= 15 is 0 Å². The number of hydrogen-bond acceptors (Lipinski definition) is 5. The highest BCUT2D eigenvalue weighted by Gasteiger charge is 2.10.